The number of hydrogen-bond donors (Lipinski definition) is 2. The third-order valence-electron chi connectivity index (χ3n) is 3.77. The fraction of sp³-hybridized carbons (Fsp3) is 0.647. The van der Waals surface area contributed by atoms with Crippen LogP contribution in [0.15, 0.2) is 24.3 Å². The predicted molar refractivity (Wildman–Crippen MR) is 84.3 cm³/mol. The predicted octanol–water partition coefficient (Wildman–Crippen LogP) is 3.16. The monoisotopic (exact) mass is 279 g/mol. The van der Waals surface area contributed by atoms with Crippen LogP contribution in [0.25, 0.3) is 0 Å². The van der Waals surface area contributed by atoms with Crippen LogP contribution in [0.4, 0.5) is 0 Å². The smallest absolute Gasteiger partial charge is 0.119 e. The zero-order chi connectivity index (χ0) is 15.0. The highest BCUT2D eigenvalue weighted by atomic mass is 16.5. The second kappa shape index (κ2) is 8.28. The molecule has 0 saturated heterocycles. The maximum absolute atomic E-state index is 9.40. The van der Waals surface area contributed by atoms with Crippen molar-refractivity contribution in [2.45, 2.75) is 58.1 Å². The lowest BCUT2D eigenvalue weighted by Crippen LogP contribution is -2.46. The molecular formula is C17H29NO2. The second-order valence-corrected chi connectivity index (χ2v) is 5.85. The Labute approximate surface area is 123 Å². The number of rotatable bonds is 9. The standard InChI is InChI=1S/C17H29NO2/c1-5-6-7-15-8-10-16(11-9-15)20-14(2)12-17(3,13-19)18-4/h8-11,14,18-19H,5-7,12-13H2,1-4H3. The Morgan fingerprint density at radius 1 is 1.30 bits per heavy atom. The topological polar surface area (TPSA) is 41.5 Å². The van der Waals surface area contributed by atoms with Crippen LogP contribution < -0.4 is 10.1 Å². The number of aryl methyl sites for hydroxylation is 1. The van der Waals surface area contributed by atoms with Crippen molar-refractivity contribution in [3.05, 3.63) is 29.8 Å². The molecule has 0 fully saturated rings. The second-order valence-electron chi connectivity index (χ2n) is 5.85. The highest BCUT2D eigenvalue weighted by Gasteiger charge is 2.24. The molecule has 0 aromatic heterocycles. The summed E-state index contributed by atoms with van der Waals surface area (Å²) in [6.07, 6.45) is 4.40. The van der Waals surface area contributed by atoms with E-state index in [1.165, 1.54) is 18.4 Å². The highest BCUT2D eigenvalue weighted by molar-refractivity contribution is 5.27. The van der Waals surface area contributed by atoms with Crippen LogP contribution in [0.3, 0.4) is 0 Å². The van der Waals surface area contributed by atoms with Crippen molar-refractivity contribution in [3.63, 3.8) is 0 Å². The van der Waals surface area contributed by atoms with Gasteiger partial charge in [0.15, 0.2) is 0 Å². The first-order chi connectivity index (χ1) is 9.53. The molecule has 3 nitrogen and oxygen atoms in total. The number of hydrogen-bond acceptors (Lipinski definition) is 3. The molecule has 0 aliphatic carbocycles. The van der Waals surface area contributed by atoms with E-state index in [2.05, 4.69) is 24.4 Å². The molecule has 2 atom stereocenters. The van der Waals surface area contributed by atoms with Crippen molar-refractivity contribution in [3.8, 4) is 5.75 Å². The quantitative estimate of drug-likeness (QED) is 0.729. The minimum atomic E-state index is -0.291. The van der Waals surface area contributed by atoms with E-state index in [1.807, 2.05) is 33.0 Å². The summed E-state index contributed by atoms with van der Waals surface area (Å²) >= 11 is 0. The van der Waals surface area contributed by atoms with Crippen molar-refractivity contribution in [1.82, 2.24) is 5.32 Å². The number of benzene rings is 1. The van der Waals surface area contributed by atoms with Crippen LogP contribution in [0.5, 0.6) is 5.75 Å². The van der Waals surface area contributed by atoms with Crippen LogP contribution >= 0.6 is 0 Å². The Morgan fingerprint density at radius 3 is 2.45 bits per heavy atom. The van der Waals surface area contributed by atoms with Gasteiger partial charge in [0, 0.05) is 12.0 Å². The van der Waals surface area contributed by atoms with E-state index in [0.717, 1.165) is 18.6 Å². The normalized spacial score (nSPS) is 15.7. The zero-order valence-corrected chi connectivity index (χ0v) is 13.3. The average Bonchev–Trinajstić information content (AvgIpc) is 2.46. The van der Waals surface area contributed by atoms with E-state index < -0.39 is 0 Å². The van der Waals surface area contributed by atoms with Gasteiger partial charge in [0.1, 0.15) is 5.75 Å². The van der Waals surface area contributed by atoms with Gasteiger partial charge in [-0.05, 0) is 51.4 Å². The molecule has 0 amide bonds. The molecule has 0 aliphatic heterocycles. The number of ether oxygens (including phenoxy) is 1. The highest BCUT2D eigenvalue weighted by Crippen LogP contribution is 2.19. The van der Waals surface area contributed by atoms with Crippen molar-refractivity contribution < 1.29 is 9.84 Å². The van der Waals surface area contributed by atoms with Crippen LogP contribution in [0, 0.1) is 0 Å². The van der Waals surface area contributed by atoms with Gasteiger partial charge in [-0.1, -0.05) is 25.5 Å². The van der Waals surface area contributed by atoms with Crippen LogP contribution in [-0.4, -0.2) is 30.4 Å². The molecule has 0 radical (unpaired) electrons. The molecule has 2 unspecified atom stereocenters. The van der Waals surface area contributed by atoms with Crippen LogP contribution in [0.2, 0.25) is 0 Å². The Bertz CT molecular complexity index is 371. The van der Waals surface area contributed by atoms with Gasteiger partial charge in [0.05, 0.1) is 12.7 Å². The maximum atomic E-state index is 9.40. The Kier molecular flexibility index (Phi) is 7.03. The number of aliphatic hydroxyl groups excluding tert-OH is 1. The molecule has 2 N–H and O–H groups in total. The summed E-state index contributed by atoms with van der Waals surface area (Å²) in [5.74, 6) is 0.897. The molecule has 1 aromatic carbocycles. The van der Waals surface area contributed by atoms with Crippen molar-refractivity contribution >= 4 is 0 Å². The summed E-state index contributed by atoms with van der Waals surface area (Å²) in [6.45, 7) is 6.35. The minimum Gasteiger partial charge on any atom is -0.491 e. The van der Waals surface area contributed by atoms with Crippen molar-refractivity contribution in [1.29, 1.82) is 0 Å². The van der Waals surface area contributed by atoms with Gasteiger partial charge in [0.2, 0.25) is 0 Å². The van der Waals surface area contributed by atoms with E-state index in [-0.39, 0.29) is 18.2 Å². The van der Waals surface area contributed by atoms with E-state index in [0.29, 0.717) is 0 Å². The van der Waals surface area contributed by atoms with Gasteiger partial charge in [-0.3, -0.25) is 0 Å². The Balaban J connectivity index is 2.51. The lowest BCUT2D eigenvalue weighted by molar-refractivity contribution is 0.115. The summed E-state index contributed by atoms with van der Waals surface area (Å²) in [4.78, 5) is 0. The first-order valence-electron chi connectivity index (χ1n) is 7.58. The number of nitrogens with one attached hydrogen (secondary N) is 1. The first-order valence-corrected chi connectivity index (χ1v) is 7.58. The van der Waals surface area contributed by atoms with Crippen LogP contribution in [-0.2, 0) is 6.42 Å². The maximum Gasteiger partial charge on any atom is 0.119 e. The van der Waals surface area contributed by atoms with E-state index in [1.54, 1.807) is 0 Å². The SMILES string of the molecule is CCCCc1ccc(OC(C)CC(C)(CO)NC)cc1. The van der Waals surface area contributed by atoms with Crippen LogP contribution in [0.1, 0.15) is 45.6 Å². The molecule has 0 saturated carbocycles. The van der Waals surface area contributed by atoms with Crippen molar-refractivity contribution in [2.24, 2.45) is 0 Å². The molecule has 3 heteroatoms. The third-order valence-corrected chi connectivity index (χ3v) is 3.77. The van der Waals surface area contributed by atoms with E-state index in [9.17, 15) is 5.11 Å². The van der Waals surface area contributed by atoms with Gasteiger partial charge in [-0.2, -0.15) is 0 Å². The fourth-order valence-electron chi connectivity index (χ4n) is 2.27. The Hall–Kier alpha value is -1.06. The van der Waals surface area contributed by atoms with Gasteiger partial charge >= 0.3 is 0 Å². The fourth-order valence-corrected chi connectivity index (χ4v) is 2.27. The molecular weight excluding hydrogens is 250 g/mol. The van der Waals surface area contributed by atoms with Gasteiger partial charge < -0.3 is 15.2 Å². The number of unbranched alkanes of at least 4 members (excludes halogenated alkanes) is 1. The number of aliphatic hydroxyl groups is 1. The zero-order valence-electron chi connectivity index (χ0n) is 13.3. The van der Waals surface area contributed by atoms with Gasteiger partial charge in [-0.15, -0.1) is 0 Å². The molecule has 0 spiro atoms. The summed E-state index contributed by atoms with van der Waals surface area (Å²) in [5, 5.41) is 12.5. The van der Waals surface area contributed by atoms with Crippen molar-refractivity contribution in [2.75, 3.05) is 13.7 Å². The molecule has 0 bridgehead atoms. The first kappa shape index (κ1) is 17.0. The summed E-state index contributed by atoms with van der Waals surface area (Å²) in [7, 11) is 1.87. The molecule has 20 heavy (non-hydrogen) atoms. The molecule has 0 aliphatic rings. The summed E-state index contributed by atoms with van der Waals surface area (Å²) in [6, 6.07) is 8.36. The van der Waals surface area contributed by atoms with Gasteiger partial charge in [-0.25, -0.2) is 0 Å². The summed E-state index contributed by atoms with van der Waals surface area (Å²) in [5.41, 5.74) is 1.07. The third kappa shape index (κ3) is 5.51. The lowest BCUT2D eigenvalue weighted by atomic mass is 9.96. The summed E-state index contributed by atoms with van der Waals surface area (Å²) < 4.78 is 5.92. The van der Waals surface area contributed by atoms with E-state index >= 15 is 0 Å². The largest absolute Gasteiger partial charge is 0.491 e. The molecule has 1 rings (SSSR count). The average molecular weight is 279 g/mol. The Morgan fingerprint density at radius 2 is 1.95 bits per heavy atom. The lowest BCUT2D eigenvalue weighted by Gasteiger charge is -2.30. The number of likely N-dealkylation sites (N-methyl/N-ethyl adjacent to an activating group) is 1. The molecule has 0 heterocycles. The molecule has 1 aromatic rings. The molecule has 114 valence electrons. The minimum absolute atomic E-state index is 0.0566. The van der Waals surface area contributed by atoms with Gasteiger partial charge in [0.25, 0.3) is 0 Å². The van der Waals surface area contributed by atoms with E-state index in [4.69, 9.17) is 4.74 Å².